The monoisotopic (exact) mass is 528 g/mol. The molecule has 3 heterocycles. The average Bonchev–Trinajstić information content (AvgIpc) is 3.24. The maximum absolute atomic E-state index is 9.25. The Morgan fingerprint density at radius 3 is 2.64 bits per heavy atom. The first-order chi connectivity index (χ1) is 17.3. The first-order valence-electron chi connectivity index (χ1n) is 12.6. The second-order valence-corrected chi connectivity index (χ2v) is 17.0. The molecule has 1 saturated carbocycles. The summed E-state index contributed by atoms with van der Waals surface area (Å²) in [4.78, 5) is 24.2. The summed E-state index contributed by atoms with van der Waals surface area (Å²) < 4.78 is 14.2. The molecule has 0 unspecified atom stereocenters. The second-order valence-electron chi connectivity index (χ2n) is 10.4. The van der Waals surface area contributed by atoms with Crippen LogP contribution in [0.2, 0.25) is 25.7 Å². The van der Waals surface area contributed by atoms with Gasteiger partial charge in [-0.15, -0.1) is 0 Å². The van der Waals surface area contributed by atoms with Gasteiger partial charge in [0.05, 0.1) is 35.3 Å². The lowest BCUT2D eigenvalue weighted by molar-refractivity contribution is 0.0855. The minimum absolute atomic E-state index is 0.153. The van der Waals surface area contributed by atoms with Crippen molar-refractivity contribution in [2.24, 2.45) is 4.99 Å². The van der Waals surface area contributed by atoms with Gasteiger partial charge < -0.3 is 14.6 Å². The molecule has 0 saturated heterocycles. The van der Waals surface area contributed by atoms with Crippen LogP contribution in [0.3, 0.4) is 0 Å². The number of nitrogens with zero attached hydrogens (tertiary/aromatic N) is 6. The molecule has 1 aliphatic carbocycles. The predicted octanol–water partition coefficient (Wildman–Crippen LogP) is 4.85. The van der Waals surface area contributed by atoms with E-state index in [0.717, 1.165) is 40.0 Å². The van der Waals surface area contributed by atoms with Gasteiger partial charge in [-0.3, -0.25) is 9.55 Å². The number of aryl methyl sites for hydroxylation is 1. The highest BCUT2D eigenvalue weighted by Crippen LogP contribution is 2.26. The standard InChI is InChI=1S/C25H36N6O3SSi/c1-18-12-21(29-24(28-18)34-20-8-6-5-7-9-20)22-15-31(17-33-10-11-36(2,3)4)25(35-22)30-23-14-26-19(16-32)13-27-23/h12-15,20,32H,5-11,16-17H2,1-4H3/b30-25-. The van der Waals surface area contributed by atoms with Crippen molar-refractivity contribution < 1.29 is 14.6 Å². The van der Waals surface area contributed by atoms with Crippen molar-refractivity contribution >= 4 is 25.2 Å². The van der Waals surface area contributed by atoms with Crippen molar-refractivity contribution in [3.63, 3.8) is 0 Å². The van der Waals surface area contributed by atoms with Crippen LogP contribution < -0.4 is 9.54 Å². The zero-order valence-corrected chi connectivity index (χ0v) is 23.4. The zero-order valence-electron chi connectivity index (χ0n) is 21.6. The van der Waals surface area contributed by atoms with E-state index < -0.39 is 8.07 Å². The minimum Gasteiger partial charge on any atom is -0.460 e. The fraction of sp³-hybridized carbons (Fsp3) is 0.560. The lowest BCUT2D eigenvalue weighted by atomic mass is 9.98. The zero-order chi connectivity index (χ0) is 25.5. The Morgan fingerprint density at radius 2 is 1.94 bits per heavy atom. The Kier molecular flexibility index (Phi) is 8.99. The lowest BCUT2D eigenvalue weighted by Gasteiger charge is -2.21. The summed E-state index contributed by atoms with van der Waals surface area (Å²) >= 11 is 1.51. The molecule has 0 spiro atoms. The highest BCUT2D eigenvalue weighted by Gasteiger charge is 2.18. The number of aliphatic hydroxyl groups is 1. The van der Waals surface area contributed by atoms with Gasteiger partial charge in [-0.25, -0.2) is 9.97 Å². The summed E-state index contributed by atoms with van der Waals surface area (Å²) in [5.74, 6) is 0.469. The number of thiazole rings is 1. The van der Waals surface area contributed by atoms with Gasteiger partial charge in [0.15, 0.2) is 10.6 Å². The lowest BCUT2D eigenvalue weighted by Crippen LogP contribution is -2.23. The van der Waals surface area contributed by atoms with E-state index in [0.29, 0.717) is 30.9 Å². The molecule has 11 heteroatoms. The number of ether oxygens (including phenoxy) is 2. The third kappa shape index (κ3) is 7.76. The number of rotatable bonds is 10. The van der Waals surface area contributed by atoms with E-state index in [4.69, 9.17) is 19.5 Å². The molecule has 4 rings (SSSR count). The van der Waals surface area contributed by atoms with Gasteiger partial charge in [0.25, 0.3) is 0 Å². The second kappa shape index (κ2) is 12.2. The van der Waals surface area contributed by atoms with Crippen molar-refractivity contribution in [2.45, 2.75) is 84.2 Å². The van der Waals surface area contributed by atoms with E-state index in [1.807, 2.05) is 23.8 Å². The van der Waals surface area contributed by atoms with E-state index in [1.54, 1.807) is 6.20 Å². The molecule has 0 radical (unpaired) electrons. The summed E-state index contributed by atoms with van der Waals surface area (Å²) in [5.41, 5.74) is 2.17. The predicted molar refractivity (Wildman–Crippen MR) is 143 cm³/mol. The number of hydrogen-bond donors (Lipinski definition) is 1. The third-order valence-corrected chi connectivity index (χ3v) is 8.67. The molecule has 1 fully saturated rings. The van der Waals surface area contributed by atoms with Gasteiger partial charge in [-0.05, 0) is 44.7 Å². The molecule has 194 valence electrons. The average molecular weight is 529 g/mol. The Balaban J connectivity index is 1.62. The van der Waals surface area contributed by atoms with Crippen LogP contribution in [0.5, 0.6) is 6.01 Å². The first kappa shape index (κ1) is 26.6. The van der Waals surface area contributed by atoms with Gasteiger partial charge in [-0.2, -0.15) is 9.98 Å². The first-order valence-corrected chi connectivity index (χ1v) is 17.1. The van der Waals surface area contributed by atoms with Crippen molar-refractivity contribution in [1.29, 1.82) is 0 Å². The Bertz CT molecular complexity index is 1200. The molecule has 3 aromatic rings. The van der Waals surface area contributed by atoms with Crippen LogP contribution >= 0.6 is 11.3 Å². The maximum Gasteiger partial charge on any atom is 0.317 e. The molecule has 0 bridgehead atoms. The van der Waals surface area contributed by atoms with Crippen LogP contribution in [0.4, 0.5) is 5.82 Å². The fourth-order valence-electron chi connectivity index (χ4n) is 3.86. The Labute approximate surface area is 217 Å². The summed E-state index contributed by atoms with van der Waals surface area (Å²) in [7, 11) is -1.18. The van der Waals surface area contributed by atoms with Gasteiger partial charge in [-0.1, -0.05) is 37.4 Å². The van der Waals surface area contributed by atoms with E-state index in [1.165, 1.54) is 36.8 Å². The molecule has 0 aromatic carbocycles. The molecule has 1 aliphatic rings. The van der Waals surface area contributed by atoms with E-state index in [9.17, 15) is 5.11 Å². The number of hydrogen-bond acceptors (Lipinski definition) is 9. The van der Waals surface area contributed by atoms with Crippen LogP contribution in [0, 0.1) is 6.92 Å². The maximum atomic E-state index is 9.25. The molecule has 9 nitrogen and oxygen atoms in total. The number of aromatic nitrogens is 5. The molecule has 36 heavy (non-hydrogen) atoms. The Hall–Kier alpha value is -2.47. The molecular weight excluding hydrogens is 492 g/mol. The quantitative estimate of drug-likeness (QED) is 0.296. The van der Waals surface area contributed by atoms with Gasteiger partial charge in [0.1, 0.15) is 12.8 Å². The summed E-state index contributed by atoms with van der Waals surface area (Å²) in [6, 6.07) is 3.50. The SMILES string of the molecule is Cc1cc(-c2cn(COCC[Si](C)(C)C)/c(=N/c3cnc(CO)cn3)s2)nc(OC2CCCCC2)n1. The largest absolute Gasteiger partial charge is 0.460 e. The van der Waals surface area contributed by atoms with Crippen LogP contribution in [0.15, 0.2) is 29.6 Å². The van der Waals surface area contributed by atoms with Gasteiger partial charge >= 0.3 is 6.01 Å². The van der Waals surface area contributed by atoms with Gasteiger partial charge in [0.2, 0.25) is 0 Å². The minimum atomic E-state index is -1.18. The molecule has 0 aliphatic heterocycles. The third-order valence-electron chi connectivity index (χ3n) is 5.92. The van der Waals surface area contributed by atoms with Crippen LogP contribution in [-0.2, 0) is 18.1 Å². The molecule has 1 N–H and O–H groups in total. The summed E-state index contributed by atoms with van der Waals surface area (Å²) in [6.45, 7) is 9.93. The molecular formula is C25H36N6O3SSi. The van der Waals surface area contributed by atoms with E-state index in [-0.39, 0.29) is 12.7 Å². The van der Waals surface area contributed by atoms with E-state index >= 15 is 0 Å². The number of aliphatic hydroxyl groups excluding tert-OH is 1. The normalized spacial score (nSPS) is 15.4. The van der Waals surface area contributed by atoms with Crippen molar-refractivity contribution in [1.82, 2.24) is 24.5 Å². The summed E-state index contributed by atoms with van der Waals surface area (Å²) in [6.07, 6.45) is 11.1. The smallest absolute Gasteiger partial charge is 0.317 e. The van der Waals surface area contributed by atoms with Crippen LogP contribution in [0.1, 0.15) is 43.5 Å². The van der Waals surface area contributed by atoms with Crippen LogP contribution in [0.25, 0.3) is 10.6 Å². The Morgan fingerprint density at radius 1 is 1.14 bits per heavy atom. The van der Waals surface area contributed by atoms with Crippen LogP contribution in [-0.4, -0.2) is 50.4 Å². The topological polar surface area (TPSA) is 108 Å². The highest BCUT2D eigenvalue weighted by molar-refractivity contribution is 7.12. The van der Waals surface area contributed by atoms with Crippen molar-refractivity contribution in [2.75, 3.05) is 6.61 Å². The summed E-state index contributed by atoms with van der Waals surface area (Å²) in [5, 5.41) is 9.25. The highest BCUT2D eigenvalue weighted by atomic mass is 32.1. The van der Waals surface area contributed by atoms with Crippen molar-refractivity contribution in [3.05, 3.63) is 40.8 Å². The molecule has 0 amide bonds. The van der Waals surface area contributed by atoms with E-state index in [2.05, 4.69) is 34.6 Å². The fourth-order valence-corrected chi connectivity index (χ4v) is 5.56. The van der Waals surface area contributed by atoms with Crippen molar-refractivity contribution in [3.8, 4) is 16.6 Å². The molecule has 3 aromatic heterocycles. The molecule has 0 atom stereocenters. The van der Waals surface area contributed by atoms with Gasteiger partial charge in [0, 0.05) is 26.6 Å².